The minimum Gasteiger partial charge on any atom is -0.325 e. The van der Waals surface area contributed by atoms with E-state index < -0.39 is 29.9 Å². The Morgan fingerprint density at radius 1 is 0.875 bits per heavy atom. The van der Waals surface area contributed by atoms with Gasteiger partial charge in [-0.2, -0.15) is 0 Å². The molecule has 7 heteroatoms. The smallest absolute Gasteiger partial charge is 0.325 e. The van der Waals surface area contributed by atoms with Gasteiger partial charge in [0.2, 0.25) is 5.91 Å². The zero-order valence-electron chi connectivity index (χ0n) is 17.4. The van der Waals surface area contributed by atoms with Gasteiger partial charge in [0, 0.05) is 11.3 Å². The number of carbonyl (C=O) groups is 4. The van der Waals surface area contributed by atoms with Crippen molar-refractivity contribution in [1.29, 1.82) is 0 Å². The first-order valence-corrected chi connectivity index (χ1v) is 10.1. The average molecular weight is 427 g/mol. The minimum absolute atomic E-state index is 0.134. The average Bonchev–Trinajstić information content (AvgIpc) is 3.06. The number of amides is 4. The number of ketones is 1. The quantitative estimate of drug-likeness (QED) is 0.466. The van der Waals surface area contributed by atoms with Gasteiger partial charge in [0.15, 0.2) is 11.3 Å². The number of nitrogens with one attached hydrogen (secondary N) is 2. The fraction of sp³-hybridized carbons (Fsp3) is 0.120. The number of anilines is 1. The van der Waals surface area contributed by atoms with Crippen molar-refractivity contribution in [2.45, 2.75) is 12.5 Å². The first-order valence-electron chi connectivity index (χ1n) is 10.1. The molecule has 4 rings (SSSR count). The van der Waals surface area contributed by atoms with Crippen LogP contribution >= 0.6 is 0 Å². The molecule has 3 aromatic carbocycles. The Bertz CT molecular complexity index is 1150. The molecule has 32 heavy (non-hydrogen) atoms. The van der Waals surface area contributed by atoms with Crippen molar-refractivity contribution in [3.05, 3.63) is 102 Å². The number of hydrogen-bond acceptors (Lipinski definition) is 4. The summed E-state index contributed by atoms with van der Waals surface area (Å²) in [5.41, 5.74) is 0.634. The Morgan fingerprint density at radius 2 is 1.47 bits per heavy atom. The molecule has 4 amide bonds. The van der Waals surface area contributed by atoms with Gasteiger partial charge in [-0.3, -0.25) is 19.3 Å². The van der Waals surface area contributed by atoms with Gasteiger partial charge >= 0.3 is 6.03 Å². The van der Waals surface area contributed by atoms with E-state index in [-0.39, 0.29) is 5.78 Å². The predicted octanol–water partition coefficient (Wildman–Crippen LogP) is 3.32. The summed E-state index contributed by atoms with van der Waals surface area (Å²) in [4.78, 5) is 51.6. The molecule has 160 valence electrons. The Kier molecular flexibility index (Phi) is 5.55. The summed E-state index contributed by atoms with van der Waals surface area (Å²) in [7, 11) is 0. The number of Topliss-reactive ketones (excluding diaryl/α,β-unsaturated/α-hetero) is 1. The molecule has 1 aliphatic rings. The SMILES string of the molecule is CC(=O)c1cccc(NC(=O)CN2C(=O)NC(c3ccccc3)(c3ccccc3)C2=O)c1. The van der Waals surface area contributed by atoms with Crippen molar-refractivity contribution in [3.8, 4) is 0 Å². The molecule has 0 atom stereocenters. The lowest BCUT2D eigenvalue weighted by Gasteiger charge is -2.28. The van der Waals surface area contributed by atoms with Gasteiger partial charge in [-0.05, 0) is 30.2 Å². The number of carbonyl (C=O) groups excluding carboxylic acids is 4. The van der Waals surface area contributed by atoms with Gasteiger partial charge in [0.1, 0.15) is 6.54 Å². The van der Waals surface area contributed by atoms with Crippen LogP contribution in [0.2, 0.25) is 0 Å². The van der Waals surface area contributed by atoms with Crippen molar-refractivity contribution in [2.24, 2.45) is 0 Å². The lowest BCUT2D eigenvalue weighted by atomic mass is 9.82. The van der Waals surface area contributed by atoms with E-state index in [1.54, 1.807) is 72.8 Å². The predicted molar refractivity (Wildman–Crippen MR) is 119 cm³/mol. The molecule has 0 saturated carbocycles. The van der Waals surface area contributed by atoms with E-state index in [2.05, 4.69) is 10.6 Å². The van der Waals surface area contributed by atoms with Crippen LogP contribution in [-0.4, -0.2) is 35.1 Å². The second-order valence-corrected chi connectivity index (χ2v) is 7.49. The summed E-state index contributed by atoms with van der Waals surface area (Å²) in [6, 6.07) is 23.7. The highest BCUT2D eigenvalue weighted by molar-refractivity contribution is 6.12. The van der Waals surface area contributed by atoms with Crippen LogP contribution in [0.5, 0.6) is 0 Å². The lowest BCUT2D eigenvalue weighted by molar-refractivity contribution is -0.133. The molecule has 0 aromatic heterocycles. The van der Waals surface area contributed by atoms with E-state index >= 15 is 0 Å². The molecule has 1 fully saturated rings. The van der Waals surface area contributed by atoms with E-state index in [1.165, 1.54) is 6.92 Å². The van der Waals surface area contributed by atoms with Gasteiger partial charge < -0.3 is 10.6 Å². The van der Waals surface area contributed by atoms with Crippen molar-refractivity contribution >= 4 is 29.3 Å². The molecule has 0 radical (unpaired) electrons. The van der Waals surface area contributed by atoms with Crippen LogP contribution in [-0.2, 0) is 15.1 Å². The maximum Gasteiger partial charge on any atom is 0.326 e. The highest BCUT2D eigenvalue weighted by Gasteiger charge is 2.54. The van der Waals surface area contributed by atoms with Crippen molar-refractivity contribution in [1.82, 2.24) is 10.2 Å². The molecule has 0 spiro atoms. The van der Waals surface area contributed by atoms with Gasteiger partial charge in [-0.25, -0.2) is 4.79 Å². The Hall–Kier alpha value is -4.26. The summed E-state index contributed by atoms with van der Waals surface area (Å²) in [5.74, 6) is -1.22. The van der Waals surface area contributed by atoms with Crippen molar-refractivity contribution < 1.29 is 19.2 Å². The minimum atomic E-state index is -1.42. The number of imide groups is 1. The molecule has 1 heterocycles. The molecule has 0 bridgehead atoms. The molecular weight excluding hydrogens is 406 g/mol. The summed E-state index contributed by atoms with van der Waals surface area (Å²) in [5, 5.41) is 5.45. The summed E-state index contributed by atoms with van der Waals surface area (Å²) in [6.45, 7) is 0.970. The van der Waals surface area contributed by atoms with Gasteiger partial charge in [-0.1, -0.05) is 72.8 Å². The molecule has 2 N–H and O–H groups in total. The van der Waals surface area contributed by atoms with E-state index in [4.69, 9.17) is 0 Å². The van der Waals surface area contributed by atoms with Crippen LogP contribution in [0.3, 0.4) is 0 Å². The van der Waals surface area contributed by atoms with Crippen LogP contribution in [0.1, 0.15) is 28.4 Å². The lowest BCUT2D eigenvalue weighted by Crippen LogP contribution is -2.45. The van der Waals surface area contributed by atoms with E-state index in [0.29, 0.717) is 22.4 Å². The van der Waals surface area contributed by atoms with Gasteiger partial charge in [0.05, 0.1) is 0 Å². The third-order valence-electron chi connectivity index (χ3n) is 5.37. The van der Waals surface area contributed by atoms with Gasteiger partial charge in [0.25, 0.3) is 5.91 Å². The third-order valence-corrected chi connectivity index (χ3v) is 5.37. The summed E-state index contributed by atoms with van der Waals surface area (Å²) < 4.78 is 0. The number of rotatable bonds is 6. The van der Waals surface area contributed by atoms with E-state index in [1.807, 2.05) is 12.1 Å². The van der Waals surface area contributed by atoms with E-state index in [9.17, 15) is 19.2 Å². The molecule has 1 aliphatic heterocycles. The largest absolute Gasteiger partial charge is 0.326 e. The fourth-order valence-corrected chi connectivity index (χ4v) is 3.81. The fourth-order valence-electron chi connectivity index (χ4n) is 3.81. The van der Waals surface area contributed by atoms with Crippen LogP contribution in [0.25, 0.3) is 0 Å². The molecule has 0 aliphatic carbocycles. The first-order chi connectivity index (χ1) is 15.4. The van der Waals surface area contributed by atoms with Crippen molar-refractivity contribution in [3.63, 3.8) is 0 Å². The monoisotopic (exact) mass is 427 g/mol. The molecule has 1 saturated heterocycles. The number of hydrogen-bond donors (Lipinski definition) is 2. The second-order valence-electron chi connectivity index (χ2n) is 7.49. The molecular formula is C25H21N3O4. The molecule has 0 unspecified atom stereocenters. The third kappa shape index (κ3) is 3.76. The maximum absolute atomic E-state index is 13.6. The van der Waals surface area contributed by atoms with Crippen LogP contribution in [0.4, 0.5) is 10.5 Å². The van der Waals surface area contributed by atoms with Crippen LogP contribution in [0.15, 0.2) is 84.9 Å². The highest BCUT2D eigenvalue weighted by Crippen LogP contribution is 2.35. The maximum atomic E-state index is 13.6. The topological polar surface area (TPSA) is 95.6 Å². The molecule has 3 aromatic rings. The molecule has 7 nitrogen and oxygen atoms in total. The number of nitrogens with zero attached hydrogens (tertiary/aromatic N) is 1. The Labute approximate surface area is 185 Å². The van der Waals surface area contributed by atoms with E-state index in [0.717, 1.165) is 4.90 Å². The summed E-state index contributed by atoms with van der Waals surface area (Å²) >= 11 is 0. The second kappa shape index (κ2) is 8.47. The zero-order chi connectivity index (χ0) is 22.7. The summed E-state index contributed by atoms with van der Waals surface area (Å²) in [6.07, 6.45) is 0. The first kappa shape index (κ1) is 21.0. The standard InChI is InChI=1S/C25H21N3O4/c1-17(29)18-9-8-14-21(15-18)26-22(30)16-28-23(31)25(27-24(28)32,19-10-4-2-5-11-19)20-12-6-3-7-13-20/h2-15H,16H2,1H3,(H,26,30)(H,27,32). The number of benzene rings is 3. The normalized spacial score (nSPS) is 14.7. The van der Waals surface area contributed by atoms with Crippen molar-refractivity contribution in [2.75, 3.05) is 11.9 Å². The van der Waals surface area contributed by atoms with Crippen LogP contribution < -0.4 is 10.6 Å². The Morgan fingerprint density at radius 3 is 2.03 bits per heavy atom. The van der Waals surface area contributed by atoms with Gasteiger partial charge in [-0.15, -0.1) is 0 Å². The van der Waals surface area contributed by atoms with Crippen LogP contribution in [0, 0.1) is 0 Å². The zero-order valence-corrected chi connectivity index (χ0v) is 17.4. The Balaban J connectivity index is 1.62. The highest BCUT2D eigenvalue weighted by atomic mass is 16.2. The number of urea groups is 1.